The number of aryl methyl sites for hydroxylation is 1. The van der Waals surface area contributed by atoms with E-state index in [9.17, 15) is 9.59 Å². The molecule has 0 radical (unpaired) electrons. The maximum absolute atomic E-state index is 11.6. The minimum atomic E-state index is -1.00. The monoisotopic (exact) mass is 282 g/mol. The highest BCUT2D eigenvalue weighted by molar-refractivity contribution is 7.09. The van der Waals surface area contributed by atoms with Crippen molar-refractivity contribution in [3.63, 3.8) is 0 Å². The number of rotatable bonds is 7. The Kier molecular flexibility index (Phi) is 6.21. The minimum absolute atomic E-state index is 0.408. The van der Waals surface area contributed by atoms with Crippen molar-refractivity contribution in [3.05, 3.63) is 22.2 Å². The molecule has 0 saturated heterocycles. The lowest BCUT2D eigenvalue weighted by atomic mass is 10.1. The summed E-state index contributed by atoms with van der Waals surface area (Å²) in [6.45, 7) is 3.86. The lowest BCUT2D eigenvalue weighted by Gasteiger charge is -2.12. The Hall–Kier alpha value is -1.69. The first-order valence-electron chi connectivity index (χ1n) is 6.16. The second-order valence-electron chi connectivity index (χ2n) is 4.17. The fourth-order valence-corrected chi connectivity index (χ4v) is 2.08. The summed E-state index contributed by atoms with van der Waals surface area (Å²) in [7, 11) is 0. The Morgan fingerprint density at radius 3 is 2.84 bits per heavy atom. The van der Waals surface area contributed by atoms with Crippen LogP contribution in [0, 0.1) is 6.92 Å². The molecule has 0 aliphatic rings. The van der Waals surface area contributed by atoms with Crippen LogP contribution >= 0.6 is 11.3 Å². The summed E-state index contributed by atoms with van der Waals surface area (Å²) in [5.74, 6) is -1.41. The number of hydrogen-bond donors (Lipinski definition) is 2. The van der Waals surface area contributed by atoms with Crippen molar-refractivity contribution < 1.29 is 14.7 Å². The van der Waals surface area contributed by atoms with E-state index in [1.165, 1.54) is 17.4 Å². The van der Waals surface area contributed by atoms with Crippen LogP contribution in [0.2, 0.25) is 0 Å². The highest BCUT2D eigenvalue weighted by atomic mass is 32.1. The molecule has 1 heterocycles. The van der Waals surface area contributed by atoms with Crippen LogP contribution in [0.4, 0.5) is 0 Å². The van der Waals surface area contributed by atoms with Crippen LogP contribution in [0.25, 0.3) is 6.08 Å². The summed E-state index contributed by atoms with van der Waals surface area (Å²) in [4.78, 5) is 26.8. The molecule has 5 nitrogen and oxygen atoms in total. The average molecular weight is 282 g/mol. The van der Waals surface area contributed by atoms with E-state index in [0.717, 1.165) is 17.8 Å². The number of unbranched alkanes of at least 4 members (excludes halogenated alkanes) is 1. The number of aromatic nitrogens is 1. The van der Waals surface area contributed by atoms with Gasteiger partial charge in [0.15, 0.2) is 0 Å². The van der Waals surface area contributed by atoms with Crippen LogP contribution in [0.1, 0.15) is 36.9 Å². The number of amides is 1. The van der Waals surface area contributed by atoms with Crippen molar-refractivity contribution in [2.75, 3.05) is 0 Å². The molecule has 1 aromatic heterocycles. The van der Waals surface area contributed by atoms with Crippen LogP contribution < -0.4 is 5.32 Å². The van der Waals surface area contributed by atoms with Gasteiger partial charge in [-0.25, -0.2) is 9.78 Å². The molecule has 0 aliphatic carbocycles. The molecule has 1 rings (SSSR count). The molecule has 0 fully saturated rings. The smallest absolute Gasteiger partial charge is 0.326 e. The Morgan fingerprint density at radius 2 is 2.32 bits per heavy atom. The Labute approximate surface area is 116 Å². The molecule has 1 atom stereocenters. The van der Waals surface area contributed by atoms with Crippen molar-refractivity contribution in [1.29, 1.82) is 0 Å². The molecular weight excluding hydrogens is 264 g/mol. The molecule has 1 aromatic rings. The summed E-state index contributed by atoms with van der Waals surface area (Å²) >= 11 is 1.50. The van der Waals surface area contributed by atoms with Crippen LogP contribution in [0.5, 0.6) is 0 Å². The van der Waals surface area contributed by atoms with E-state index in [4.69, 9.17) is 5.11 Å². The van der Waals surface area contributed by atoms with Gasteiger partial charge in [-0.2, -0.15) is 0 Å². The lowest BCUT2D eigenvalue weighted by molar-refractivity contribution is -0.141. The average Bonchev–Trinajstić information content (AvgIpc) is 2.77. The van der Waals surface area contributed by atoms with Gasteiger partial charge in [-0.3, -0.25) is 4.79 Å². The van der Waals surface area contributed by atoms with Crippen molar-refractivity contribution in [3.8, 4) is 0 Å². The first-order chi connectivity index (χ1) is 9.02. The van der Waals surface area contributed by atoms with E-state index in [2.05, 4.69) is 10.3 Å². The van der Waals surface area contributed by atoms with E-state index >= 15 is 0 Å². The lowest BCUT2D eigenvalue weighted by Crippen LogP contribution is -2.39. The number of carbonyl (C=O) groups is 2. The predicted molar refractivity (Wildman–Crippen MR) is 75.0 cm³/mol. The maximum atomic E-state index is 11.6. The normalized spacial score (nSPS) is 12.5. The molecule has 0 aliphatic heterocycles. The molecule has 1 amide bonds. The van der Waals surface area contributed by atoms with Gasteiger partial charge in [-0.1, -0.05) is 19.8 Å². The number of nitrogens with one attached hydrogen (secondary N) is 1. The van der Waals surface area contributed by atoms with E-state index in [1.807, 2.05) is 19.2 Å². The third kappa shape index (κ3) is 5.65. The standard InChI is InChI=1S/C13H18N2O3S/c1-3-4-5-11(13(17)18)15-12(16)7-6-10-8-19-9(2)14-10/h6-8,11H,3-5H2,1-2H3,(H,15,16)(H,17,18)/b7-6+. The second kappa shape index (κ2) is 7.68. The van der Waals surface area contributed by atoms with Crippen LogP contribution in [-0.2, 0) is 9.59 Å². The first-order valence-corrected chi connectivity index (χ1v) is 7.04. The number of carboxylic acid groups (broad SMARTS) is 1. The Balaban J connectivity index is 2.52. The molecule has 0 aromatic carbocycles. The number of carbonyl (C=O) groups excluding carboxylic acids is 1. The molecular formula is C13H18N2O3S. The fourth-order valence-electron chi connectivity index (χ4n) is 1.50. The van der Waals surface area contributed by atoms with E-state index in [0.29, 0.717) is 12.1 Å². The van der Waals surface area contributed by atoms with Gasteiger partial charge < -0.3 is 10.4 Å². The number of nitrogens with zero attached hydrogens (tertiary/aromatic N) is 1. The Bertz CT molecular complexity index is 468. The van der Waals surface area contributed by atoms with Gasteiger partial charge in [0.25, 0.3) is 0 Å². The minimum Gasteiger partial charge on any atom is -0.480 e. The maximum Gasteiger partial charge on any atom is 0.326 e. The zero-order valence-electron chi connectivity index (χ0n) is 11.0. The van der Waals surface area contributed by atoms with Crippen LogP contribution in [-0.4, -0.2) is 28.0 Å². The van der Waals surface area contributed by atoms with Gasteiger partial charge in [0, 0.05) is 11.5 Å². The zero-order chi connectivity index (χ0) is 14.3. The summed E-state index contributed by atoms with van der Waals surface area (Å²) < 4.78 is 0. The molecule has 1 unspecified atom stereocenters. The Morgan fingerprint density at radius 1 is 1.58 bits per heavy atom. The van der Waals surface area contributed by atoms with Gasteiger partial charge in [-0.15, -0.1) is 11.3 Å². The zero-order valence-corrected chi connectivity index (χ0v) is 11.9. The summed E-state index contributed by atoms with van der Waals surface area (Å²) in [5.41, 5.74) is 0.707. The molecule has 2 N–H and O–H groups in total. The largest absolute Gasteiger partial charge is 0.480 e. The number of thiazole rings is 1. The van der Waals surface area contributed by atoms with E-state index in [-0.39, 0.29) is 0 Å². The molecule has 19 heavy (non-hydrogen) atoms. The highest BCUT2D eigenvalue weighted by Crippen LogP contribution is 2.09. The number of hydrogen-bond acceptors (Lipinski definition) is 4. The SMILES string of the molecule is CCCCC(NC(=O)/C=C/c1csc(C)n1)C(=O)O. The number of carboxylic acids is 1. The van der Waals surface area contributed by atoms with Gasteiger partial charge in [0.1, 0.15) is 6.04 Å². The number of aliphatic carboxylic acids is 1. The third-order valence-electron chi connectivity index (χ3n) is 2.50. The third-order valence-corrected chi connectivity index (χ3v) is 3.29. The second-order valence-corrected chi connectivity index (χ2v) is 5.23. The van der Waals surface area contributed by atoms with Gasteiger partial charge in [-0.05, 0) is 19.4 Å². The van der Waals surface area contributed by atoms with Crippen molar-refractivity contribution in [2.24, 2.45) is 0 Å². The summed E-state index contributed by atoms with van der Waals surface area (Å²) in [6.07, 6.45) is 5.01. The van der Waals surface area contributed by atoms with Crippen molar-refractivity contribution in [2.45, 2.75) is 39.2 Å². The van der Waals surface area contributed by atoms with Gasteiger partial charge in [0.05, 0.1) is 10.7 Å². The van der Waals surface area contributed by atoms with Gasteiger partial charge in [0.2, 0.25) is 5.91 Å². The molecule has 0 bridgehead atoms. The predicted octanol–water partition coefficient (Wildman–Crippen LogP) is 2.22. The van der Waals surface area contributed by atoms with E-state index < -0.39 is 17.9 Å². The van der Waals surface area contributed by atoms with Gasteiger partial charge >= 0.3 is 5.97 Å². The fraction of sp³-hybridized carbons (Fsp3) is 0.462. The topological polar surface area (TPSA) is 79.3 Å². The molecule has 0 spiro atoms. The van der Waals surface area contributed by atoms with Crippen LogP contribution in [0.3, 0.4) is 0 Å². The summed E-state index contributed by atoms with van der Waals surface area (Å²) in [6, 6.07) is -0.825. The molecule has 104 valence electrons. The van der Waals surface area contributed by atoms with Crippen molar-refractivity contribution >= 4 is 29.3 Å². The van der Waals surface area contributed by atoms with E-state index in [1.54, 1.807) is 6.08 Å². The quantitative estimate of drug-likeness (QED) is 0.752. The van der Waals surface area contributed by atoms with Crippen molar-refractivity contribution in [1.82, 2.24) is 10.3 Å². The molecule has 6 heteroatoms. The molecule has 0 saturated carbocycles. The highest BCUT2D eigenvalue weighted by Gasteiger charge is 2.17. The van der Waals surface area contributed by atoms with Crippen LogP contribution in [0.15, 0.2) is 11.5 Å². The first kappa shape index (κ1) is 15.4. The summed E-state index contributed by atoms with van der Waals surface area (Å²) in [5, 5.41) is 14.2.